The molecule has 564 valence electrons. The molecule has 8 N–H and O–H groups in total. The molecule has 0 unspecified atom stereocenters. The van der Waals surface area contributed by atoms with Crippen molar-refractivity contribution in [3.05, 3.63) is 71.9 Å². The Hall–Kier alpha value is -3.26. The van der Waals surface area contributed by atoms with Gasteiger partial charge in [0.1, 0.15) is 12.2 Å². The number of ether oxygens (including phenoxy) is 10. The highest BCUT2D eigenvalue weighted by Gasteiger charge is 2.42. The largest absolute Gasteiger partial charge is 0.458 e. The van der Waals surface area contributed by atoms with E-state index in [1.54, 1.807) is 54.4 Å². The third-order valence-electron chi connectivity index (χ3n) is 22.3. The molecule has 98 heavy (non-hydrogen) atoms. The van der Waals surface area contributed by atoms with Gasteiger partial charge in [-0.25, -0.2) is 9.59 Å². The minimum atomic E-state index is -1.16. The Kier molecular flexibility index (Phi) is 37.6. The monoisotopic (exact) mass is 1390 g/mol. The van der Waals surface area contributed by atoms with Gasteiger partial charge in [0, 0.05) is 102 Å². The number of cyclic esters (lactones) is 2. The lowest BCUT2D eigenvalue weighted by Crippen LogP contribution is -2.45. The molecule has 0 aliphatic carbocycles. The summed E-state index contributed by atoms with van der Waals surface area (Å²) in [5.41, 5.74) is 1.39. The van der Waals surface area contributed by atoms with Crippen LogP contribution in [0, 0.1) is 47.3 Å². The Morgan fingerprint density at radius 1 is 0.449 bits per heavy atom. The fourth-order valence-corrected chi connectivity index (χ4v) is 15.3. The first-order valence-corrected chi connectivity index (χ1v) is 37.1. The summed E-state index contributed by atoms with van der Waals surface area (Å²) in [6.07, 6.45) is 14.1. The number of carbonyl (C=O) groups excluding carboxylic acids is 2. The first kappa shape index (κ1) is 85.4. The van der Waals surface area contributed by atoms with Crippen molar-refractivity contribution in [2.24, 2.45) is 47.3 Å². The van der Waals surface area contributed by atoms with E-state index in [2.05, 4.69) is 0 Å². The molecule has 5 aliphatic heterocycles. The maximum Gasteiger partial charge on any atom is 0.331 e. The summed E-state index contributed by atoms with van der Waals surface area (Å²) in [5, 5.41) is 94.4. The number of esters is 2. The third-order valence-corrected chi connectivity index (χ3v) is 22.3. The zero-order chi connectivity index (χ0) is 72.5. The van der Waals surface area contributed by atoms with Crippen molar-refractivity contribution < 1.29 is 97.8 Å². The van der Waals surface area contributed by atoms with E-state index in [9.17, 15) is 50.4 Å². The predicted octanol–water partition coefficient (Wildman–Crippen LogP) is 10.1. The quantitative estimate of drug-likeness (QED) is 0.0527. The number of fused-ring (bicyclic) bond motifs is 4. The number of methoxy groups -OCH3 is 4. The molecule has 0 amide bonds. The lowest BCUT2D eigenvalue weighted by atomic mass is 9.78. The van der Waals surface area contributed by atoms with Crippen molar-refractivity contribution in [1.82, 2.24) is 0 Å². The standard InChI is InChI=1S/C78H132O20/c1-45-23-29-57(79)37-59-19-17-21-61(95-59)41-71(91-15)52(8)68(82)44-70(84)54(10)78(56(12)76(88)48(4)28-32-64-40-66(90-14)36-50(6)94-64)98-74(86)34-26-46(2)24-30-58(80)38-60-20-18-22-62(96-60)42-72(92-16)51(7)67(81)43-69(83)53(9)77(97-73(85)33-25-45)55(11)75(87)47(3)27-31-63-39-65(89-13)35-49(5)93-63/h17-20,23-26,33-34,47-72,75-84,87-88H,21-22,27-32,35-44H2,1-16H3/b33-25+,34-26+,45-23+,46-24+/t47-,48-,49-,50-,51-,52-,53-,54-,55-,56-,57-,58-,59+,60+,61-,62-,63-,64-,65+,66+,67-,68-,69+,70+,71-,72-,75-,76-,77-,78-/m0/s1. The number of rotatable bonds is 16. The van der Waals surface area contributed by atoms with Crippen LogP contribution in [0.15, 0.2) is 71.9 Å². The molecule has 20 nitrogen and oxygen atoms in total. The van der Waals surface area contributed by atoms with E-state index in [1.807, 2.05) is 106 Å². The SMILES string of the molecule is CO[C@H]1C[C@H](CC[C@H](C)[C@H](O)[C@H](C)[C@H]2OC(=O)/C=C/C(C)=C/C[C@H](O)C[C@H]3C=CC[C@@H](C[C@H](OC)[C@@H](C)[C@@H](O)C[C@@H](O)[C@H](C)[C@@H]([C@@H](C)[C@@H](O)[C@@H](C)CC[C@H]4C[C@H](OC)C[C@H](C)O4)OC(=O)/C=C/C(C)=C/C[C@H](O)C[C@H]4C=CC[C@@H](C[C@H](OC)[C@@H](C)[C@@H](O)C[C@@H](O)[C@@H]2C)O4)O3)O[C@@H](C)C1. The second-order valence-corrected chi connectivity index (χ2v) is 30.3. The maximum atomic E-state index is 13.9. The summed E-state index contributed by atoms with van der Waals surface area (Å²) in [7, 11) is 6.58. The van der Waals surface area contributed by atoms with Crippen LogP contribution in [0.2, 0.25) is 0 Å². The lowest BCUT2D eigenvalue weighted by molar-refractivity contribution is -0.158. The van der Waals surface area contributed by atoms with Crippen molar-refractivity contribution >= 4 is 11.9 Å². The molecule has 0 saturated carbocycles. The van der Waals surface area contributed by atoms with Crippen LogP contribution in [0.5, 0.6) is 0 Å². The van der Waals surface area contributed by atoms with Crippen molar-refractivity contribution in [3.63, 3.8) is 0 Å². The highest BCUT2D eigenvalue weighted by atomic mass is 16.6. The summed E-state index contributed by atoms with van der Waals surface area (Å²) in [6, 6.07) is 0. The van der Waals surface area contributed by atoms with Gasteiger partial charge in [-0.15, -0.1) is 0 Å². The predicted molar refractivity (Wildman–Crippen MR) is 377 cm³/mol. The number of aliphatic hydroxyl groups is 8. The normalized spacial score (nSPS) is 41.1. The molecule has 0 aromatic carbocycles. The van der Waals surface area contributed by atoms with Crippen LogP contribution in [0.25, 0.3) is 0 Å². The molecular formula is C78H132O20. The topological polar surface area (TPSA) is 288 Å². The summed E-state index contributed by atoms with van der Waals surface area (Å²) in [4.78, 5) is 27.8. The smallest absolute Gasteiger partial charge is 0.331 e. The third kappa shape index (κ3) is 28.1. The van der Waals surface area contributed by atoms with E-state index < -0.39 is 133 Å². The van der Waals surface area contributed by atoms with Crippen molar-refractivity contribution in [2.75, 3.05) is 28.4 Å². The Balaban J connectivity index is 1.36. The number of aliphatic hydroxyl groups excluding tert-OH is 8. The van der Waals surface area contributed by atoms with Crippen molar-refractivity contribution in [3.8, 4) is 0 Å². The Morgan fingerprint density at radius 3 is 1.15 bits per heavy atom. The molecule has 5 aliphatic rings. The van der Waals surface area contributed by atoms with E-state index >= 15 is 0 Å². The molecule has 20 heteroatoms. The van der Waals surface area contributed by atoms with Crippen LogP contribution in [-0.4, -0.2) is 216 Å². The van der Waals surface area contributed by atoms with E-state index in [1.165, 1.54) is 12.2 Å². The minimum Gasteiger partial charge on any atom is -0.458 e. The highest BCUT2D eigenvalue weighted by Crippen LogP contribution is 2.37. The molecule has 30 atom stereocenters. The van der Waals surface area contributed by atoms with Gasteiger partial charge in [-0.3, -0.25) is 0 Å². The fourth-order valence-electron chi connectivity index (χ4n) is 15.3. The summed E-state index contributed by atoms with van der Waals surface area (Å²) in [5.74, 6) is -5.50. The molecule has 0 spiro atoms. The van der Waals surface area contributed by atoms with Gasteiger partial charge in [-0.2, -0.15) is 0 Å². The molecule has 2 saturated heterocycles. The van der Waals surface area contributed by atoms with Crippen LogP contribution < -0.4 is 0 Å². The zero-order valence-electron chi connectivity index (χ0n) is 62.3. The molecular weight excluding hydrogens is 1260 g/mol. The molecule has 0 radical (unpaired) electrons. The number of hydrogen-bond donors (Lipinski definition) is 8. The van der Waals surface area contributed by atoms with E-state index in [0.717, 1.165) is 25.7 Å². The van der Waals surface area contributed by atoms with Gasteiger partial charge >= 0.3 is 11.9 Å². The molecule has 0 aromatic heterocycles. The lowest BCUT2D eigenvalue weighted by Gasteiger charge is -2.38. The van der Waals surface area contributed by atoms with Gasteiger partial charge in [0.05, 0.1) is 122 Å². The Labute approximate surface area is 587 Å². The number of hydrogen-bond acceptors (Lipinski definition) is 20. The minimum absolute atomic E-state index is 0.0293. The van der Waals surface area contributed by atoms with Gasteiger partial charge in [-0.05, 0) is 129 Å². The van der Waals surface area contributed by atoms with Crippen LogP contribution in [0.1, 0.15) is 199 Å². The summed E-state index contributed by atoms with van der Waals surface area (Å²) in [6.45, 7) is 22.5. The van der Waals surface area contributed by atoms with E-state index in [0.29, 0.717) is 62.5 Å². The Bertz CT molecular complexity index is 2320. The van der Waals surface area contributed by atoms with E-state index in [-0.39, 0.29) is 99.2 Å². The van der Waals surface area contributed by atoms with Gasteiger partial charge < -0.3 is 88.2 Å². The first-order chi connectivity index (χ1) is 46.4. The Morgan fingerprint density at radius 2 is 0.806 bits per heavy atom. The number of carbonyl (C=O) groups is 2. The van der Waals surface area contributed by atoms with Crippen molar-refractivity contribution in [2.45, 2.75) is 333 Å². The average molecular weight is 1390 g/mol. The molecule has 2 fully saturated rings. The average Bonchev–Trinajstić information content (AvgIpc) is 0.853. The van der Waals surface area contributed by atoms with Crippen LogP contribution >= 0.6 is 0 Å². The first-order valence-electron chi connectivity index (χ1n) is 37.1. The fraction of sp³-hybridized carbons (Fsp3) is 0.821. The molecule has 5 rings (SSSR count). The number of allylic oxidation sites excluding steroid dienone is 4. The van der Waals surface area contributed by atoms with Gasteiger partial charge in [0.2, 0.25) is 0 Å². The van der Waals surface area contributed by atoms with Crippen LogP contribution in [0.3, 0.4) is 0 Å². The second kappa shape index (κ2) is 43.1. The maximum absolute atomic E-state index is 13.9. The van der Waals surface area contributed by atoms with Crippen LogP contribution in [0.4, 0.5) is 0 Å². The van der Waals surface area contributed by atoms with E-state index in [4.69, 9.17) is 47.4 Å². The summed E-state index contributed by atoms with van der Waals surface area (Å²) < 4.78 is 61.3. The molecule has 5 heterocycles. The van der Waals surface area contributed by atoms with Gasteiger partial charge in [0.15, 0.2) is 0 Å². The highest BCUT2D eigenvalue weighted by molar-refractivity contribution is 5.83. The van der Waals surface area contributed by atoms with Crippen LogP contribution in [-0.2, 0) is 57.0 Å². The van der Waals surface area contributed by atoms with Gasteiger partial charge in [-0.1, -0.05) is 115 Å². The van der Waals surface area contributed by atoms with Crippen molar-refractivity contribution in [1.29, 1.82) is 0 Å². The van der Waals surface area contributed by atoms with Gasteiger partial charge in [0.25, 0.3) is 0 Å². The second-order valence-electron chi connectivity index (χ2n) is 30.3. The molecule has 0 aromatic rings. The molecule has 4 bridgehead atoms. The zero-order valence-corrected chi connectivity index (χ0v) is 62.3. The summed E-state index contributed by atoms with van der Waals surface area (Å²) >= 11 is 0.